The molecule has 0 saturated carbocycles. The molecule has 0 aliphatic heterocycles. The minimum absolute atomic E-state index is 0.0393. The summed E-state index contributed by atoms with van der Waals surface area (Å²) in [5.41, 5.74) is 1.85. The van der Waals surface area contributed by atoms with Crippen LogP contribution in [0.3, 0.4) is 0 Å². The maximum Gasteiger partial charge on any atom is 0.335 e. The van der Waals surface area contributed by atoms with E-state index in [-0.39, 0.29) is 17.7 Å². The molecule has 8 heteroatoms. The van der Waals surface area contributed by atoms with Crippen LogP contribution in [0.4, 0.5) is 10.1 Å². The summed E-state index contributed by atoms with van der Waals surface area (Å²) < 4.78 is 30.8. The second kappa shape index (κ2) is 10.7. The van der Waals surface area contributed by atoms with E-state index >= 15 is 0 Å². The van der Waals surface area contributed by atoms with Crippen LogP contribution in [0.15, 0.2) is 54.6 Å². The summed E-state index contributed by atoms with van der Waals surface area (Å²) in [4.78, 5) is 11.3. The van der Waals surface area contributed by atoms with Gasteiger partial charge in [0.1, 0.15) is 18.2 Å². The topological polar surface area (TPSA) is 77.0 Å². The van der Waals surface area contributed by atoms with E-state index in [9.17, 15) is 14.3 Å². The molecule has 3 aromatic rings. The van der Waals surface area contributed by atoms with E-state index in [4.69, 9.17) is 25.8 Å². The molecule has 0 fully saturated rings. The minimum Gasteiger partial charge on any atom is -0.495 e. The number of anilines is 1. The number of hydrogen-bond acceptors (Lipinski definition) is 5. The normalized spacial score (nSPS) is 10.5. The Labute approximate surface area is 190 Å². The Bertz CT molecular complexity index is 1090. The summed E-state index contributed by atoms with van der Waals surface area (Å²) in [5.74, 6) is 0.0345. The molecule has 0 aromatic heterocycles. The van der Waals surface area contributed by atoms with Crippen LogP contribution in [0.1, 0.15) is 28.4 Å². The Morgan fingerprint density at radius 1 is 1.06 bits per heavy atom. The summed E-state index contributed by atoms with van der Waals surface area (Å²) in [7, 11) is 1.52. The van der Waals surface area contributed by atoms with Crippen LogP contribution in [-0.4, -0.2) is 24.8 Å². The van der Waals surface area contributed by atoms with Crippen molar-refractivity contribution in [2.45, 2.75) is 20.1 Å². The summed E-state index contributed by atoms with van der Waals surface area (Å²) in [6.07, 6.45) is 0. The monoisotopic (exact) mass is 459 g/mol. The maximum atomic E-state index is 14.0. The van der Waals surface area contributed by atoms with Crippen molar-refractivity contribution in [3.05, 3.63) is 82.1 Å². The smallest absolute Gasteiger partial charge is 0.335 e. The van der Waals surface area contributed by atoms with Gasteiger partial charge in [-0.15, -0.1) is 0 Å². The van der Waals surface area contributed by atoms with Gasteiger partial charge in [0.05, 0.1) is 30.0 Å². The fourth-order valence-corrected chi connectivity index (χ4v) is 3.26. The number of hydrogen-bond donors (Lipinski definition) is 2. The van der Waals surface area contributed by atoms with Crippen molar-refractivity contribution in [1.29, 1.82) is 0 Å². The molecule has 3 aromatic carbocycles. The second-order valence-electron chi connectivity index (χ2n) is 6.78. The number of rotatable bonds is 10. The highest BCUT2D eigenvalue weighted by Crippen LogP contribution is 2.32. The van der Waals surface area contributed by atoms with Crippen molar-refractivity contribution in [1.82, 2.24) is 0 Å². The Morgan fingerprint density at radius 2 is 1.84 bits per heavy atom. The van der Waals surface area contributed by atoms with Gasteiger partial charge in [0.2, 0.25) is 0 Å². The van der Waals surface area contributed by atoms with Crippen molar-refractivity contribution in [3.63, 3.8) is 0 Å². The average Bonchev–Trinajstić information content (AvgIpc) is 2.78. The van der Waals surface area contributed by atoms with Gasteiger partial charge in [-0.25, -0.2) is 9.18 Å². The molecule has 6 nitrogen and oxygen atoms in total. The van der Waals surface area contributed by atoms with Gasteiger partial charge in [-0.1, -0.05) is 23.7 Å². The summed E-state index contributed by atoms with van der Waals surface area (Å²) >= 11 is 6.07. The molecule has 0 heterocycles. The molecular formula is C24H23ClFNO5. The van der Waals surface area contributed by atoms with Crippen LogP contribution in [-0.2, 0) is 13.2 Å². The van der Waals surface area contributed by atoms with E-state index in [1.54, 1.807) is 18.2 Å². The number of benzene rings is 3. The van der Waals surface area contributed by atoms with Crippen molar-refractivity contribution in [2.75, 3.05) is 19.0 Å². The number of carboxylic acid groups (broad SMARTS) is 1. The lowest BCUT2D eigenvalue weighted by Gasteiger charge is -2.16. The van der Waals surface area contributed by atoms with E-state index in [0.29, 0.717) is 41.1 Å². The third-order valence-corrected chi connectivity index (χ3v) is 5.03. The van der Waals surface area contributed by atoms with Crippen molar-refractivity contribution in [3.8, 4) is 17.2 Å². The van der Waals surface area contributed by atoms with Gasteiger partial charge in [0, 0.05) is 12.1 Å². The number of methoxy groups -OCH3 is 1. The third kappa shape index (κ3) is 5.62. The molecular weight excluding hydrogens is 437 g/mol. The second-order valence-corrected chi connectivity index (χ2v) is 7.18. The first-order chi connectivity index (χ1) is 15.4. The Hall–Kier alpha value is -3.45. The lowest BCUT2D eigenvalue weighted by atomic mass is 10.1. The van der Waals surface area contributed by atoms with Crippen LogP contribution in [0.5, 0.6) is 17.2 Å². The summed E-state index contributed by atoms with van der Waals surface area (Å²) in [6, 6.07) is 14.4. The first-order valence-electron chi connectivity index (χ1n) is 9.89. The predicted octanol–water partition coefficient (Wildman–Crippen LogP) is 5.78. The van der Waals surface area contributed by atoms with Gasteiger partial charge in [-0.05, 0) is 55.0 Å². The predicted molar refractivity (Wildman–Crippen MR) is 121 cm³/mol. The number of halogens is 2. The Balaban J connectivity index is 1.76. The molecule has 0 aliphatic rings. The number of carbonyl (C=O) groups is 1. The van der Waals surface area contributed by atoms with Crippen LogP contribution in [0.2, 0.25) is 5.02 Å². The van der Waals surface area contributed by atoms with Crippen molar-refractivity contribution >= 4 is 23.3 Å². The van der Waals surface area contributed by atoms with Gasteiger partial charge in [0.15, 0.2) is 11.5 Å². The van der Waals surface area contributed by atoms with Crippen LogP contribution in [0, 0.1) is 5.82 Å². The van der Waals surface area contributed by atoms with Gasteiger partial charge < -0.3 is 24.6 Å². The molecule has 0 amide bonds. The fraction of sp³-hybridized carbons (Fsp3) is 0.208. The SMILES string of the molecule is CCOc1cc(CNc2cc(C(=O)O)ccc2OC)ccc1OCc1c(F)cccc1Cl. The largest absolute Gasteiger partial charge is 0.495 e. The van der Waals surface area contributed by atoms with Crippen molar-refractivity contribution < 1.29 is 28.5 Å². The van der Waals surface area contributed by atoms with Crippen LogP contribution >= 0.6 is 11.6 Å². The zero-order valence-electron chi connectivity index (χ0n) is 17.7. The Morgan fingerprint density at radius 3 is 2.53 bits per heavy atom. The molecule has 0 radical (unpaired) electrons. The molecule has 3 rings (SSSR count). The lowest BCUT2D eigenvalue weighted by Crippen LogP contribution is -2.06. The van der Waals surface area contributed by atoms with E-state index in [2.05, 4.69) is 5.32 Å². The summed E-state index contributed by atoms with van der Waals surface area (Å²) in [6.45, 7) is 2.62. The van der Waals surface area contributed by atoms with Gasteiger partial charge in [0.25, 0.3) is 0 Å². The highest BCUT2D eigenvalue weighted by atomic mass is 35.5. The highest BCUT2D eigenvalue weighted by Gasteiger charge is 2.13. The van der Waals surface area contributed by atoms with E-state index < -0.39 is 11.8 Å². The molecule has 0 spiro atoms. The molecule has 0 bridgehead atoms. The number of nitrogens with one attached hydrogen (secondary N) is 1. The highest BCUT2D eigenvalue weighted by molar-refractivity contribution is 6.31. The number of carboxylic acids is 1. The lowest BCUT2D eigenvalue weighted by molar-refractivity contribution is 0.0697. The zero-order chi connectivity index (χ0) is 23.1. The van der Waals surface area contributed by atoms with E-state index in [1.165, 1.54) is 31.4 Å². The van der Waals surface area contributed by atoms with E-state index in [0.717, 1.165) is 5.56 Å². The van der Waals surface area contributed by atoms with Crippen LogP contribution < -0.4 is 19.5 Å². The standard InChI is InChI=1S/C24H23ClFNO5/c1-3-31-23-11-15(13-27-20-12-16(24(28)29)8-10-21(20)30-2)7-9-22(23)32-14-17-18(25)5-4-6-19(17)26/h4-12,27H,3,13-14H2,1-2H3,(H,28,29). The van der Waals surface area contributed by atoms with E-state index in [1.807, 2.05) is 19.1 Å². The molecule has 168 valence electrons. The first-order valence-corrected chi connectivity index (χ1v) is 10.3. The molecule has 32 heavy (non-hydrogen) atoms. The minimum atomic E-state index is -1.02. The molecule has 0 saturated heterocycles. The molecule has 0 atom stereocenters. The average molecular weight is 460 g/mol. The number of aromatic carboxylic acids is 1. The molecule has 0 aliphatic carbocycles. The fourth-order valence-electron chi connectivity index (χ4n) is 3.05. The maximum absolute atomic E-state index is 14.0. The molecule has 0 unspecified atom stereocenters. The quantitative estimate of drug-likeness (QED) is 0.400. The third-order valence-electron chi connectivity index (χ3n) is 4.67. The van der Waals surface area contributed by atoms with Crippen molar-refractivity contribution in [2.24, 2.45) is 0 Å². The van der Waals surface area contributed by atoms with Crippen LogP contribution in [0.25, 0.3) is 0 Å². The summed E-state index contributed by atoms with van der Waals surface area (Å²) in [5, 5.41) is 12.7. The number of ether oxygens (including phenoxy) is 3. The van der Waals surface area contributed by atoms with Gasteiger partial charge in [-0.3, -0.25) is 0 Å². The molecule has 2 N–H and O–H groups in total. The van der Waals surface area contributed by atoms with Gasteiger partial charge in [-0.2, -0.15) is 0 Å². The zero-order valence-corrected chi connectivity index (χ0v) is 18.4. The Kier molecular flexibility index (Phi) is 7.78. The first kappa shape index (κ1) is 23.2. The van der Waals surface area contributed by atoms with Gasteiger partial charge >= 0.3 is 5.97 Å².